The van der Waals surface area contributed by atoms with E-state index in [-0.39, 0.29) is 11.8 Å². The minimum Gasteiger partial charge on any atom is -0.323 e. The van der Waals surface area contributed by atoms with Crippen molar-refractivity contribution in [1.82, 2.24) is 14.7 Å². The molecule has 1 saturated heterocycles. The predicted octanol–water partition coefficient (Wildman–Crippen LogP) is 1.67. The van der Waals surface area contributed by atoms with E-state index in [0.717, 1.165) is 12.0 Å². The molecule has 2 heterocycles. The van der Waals surface area contributed by atoms with Gasteiger partial charge in [-0.05, 0) is 12.0 Å². The number of hydrogen-bond acceptors (Lipinski definition) is 4. The van der Waals surface area contributed by atoms with Crippen LogP contribution in [0.15, 0.2) is 42.7 Å². The third-order valence-electron chi connectivity index (χ3n) is 3.79. The number of amides is 1. The number of nitrogens with one attached hydrogen (secondary N) is 1. The maximum Gasteiger partial charge on any atom is 0.229 e. The van der Waals surface area contributed by atoms with Gasteiger partial charge in [-0.3, -0.25) is 9.48 Å². The van der Waals surface area contributed by atoms with E-state index in [9.17, 15) is 4.79 Å². The van der Waals surface area contributed by atoms with Gasteiger partial charge in [0.1, 0.15) is 0 Å². The molecule has 0 bridgehead atoms. The van der Waals surface area contributed by atoms with Crippen molar-refractivity contribution in [1.29, 1.82) is 5.26 Å². The molecule has 1 fully saturated rings. The van der Waals surface area contributed by atoms with Crippen molar-refractivity contribution >= 4 is 11.6 Å². The number of hydrogen-bond donors (Lipinski definition) is 1. The molecule has 1 aliphatic rings. The normalized spacial score (nSPS) is 17.2. The van der Waals surface area contributed by atoms with Gasteiger partial charge in [-0.2, -0.15) is 10.4 Å². The van der Waals surface area contributed by atoms with Crippen LogP contribution < -0.4 is 5.32 Å². The van der Waals surface area contributed by atoms with Crippen molar-refractivity contribution in [2.75, 3.05) is 18.4 Å². The molecule has 1 N–H and O–H groups in total. The molecule has 3 rings (SSSR count). The number of carbonyl (C=O) groups excluding carboxylic acids is 1. The highest BCUT2D eigenvalue weighted by molar-refractivity contribution is 5.92. The summed E-state index contributed by atoms with van der Waals surface area (Å²) in [5.41, 5.74) is 1.85. The quantitative estimate of drug-likeness (QED) is 0.871. The molecule has 112 valence electrons. The lowest BCUT2D eigenvalue weighted by Crippen LogP contribution is -2.25. The SMILES string of the molecule is N#CN1CC[C@H](C(=O)Nc2cnn(Cc3ccccc3)c2)C1. The van der Waals surface area contributed by atoms with Gasteiger partial charge >= 0.3 is 0 Å². The van der Waals surface area contributed by atoms with Crippen molar-refractivity contribution in [3.63, 3.8) is 0 Å². The van der Waals surface area contributed by atoms with E-state index in [2.05, 4.69) is 16.6 Å². The number of carbonyl (C=O) groups is 1. The van der Waals surface area contributed by atoms with Gasteiger partial charge in [0, 0.05) is 19.3 Å². The van der Waals surface area contributed by atoms with Gasteiger partial charge in [0.25, 0.3) is 0 Å². The van der Waals surface area contributed by atoms with Crippen LogP contribution in [-0.2, 0) is 11.3 Å². The Hall–Kier alpha value is -2.81. The Labute approximate surface area is 129 Å². The predicted molar refractivity (Wildman–Crippen MR) is 81.7 cm³/mol. The number of rotatable bonds is 4. The molecule has 1 aromatic carbocycles. The van der Waals surface area contributed by atoms with Crippen molar-refractivity contribution in [2.24, 2.45) is 5.92 Å². The zero-order chi connectivity index (χ0) is 15.4. The molecule has 0 saturated carbocycles. The second-order valence-corrected chi connectivity index (χ2v) is 5.43. The van der Waals surface area contributed by atoms with Crippen molar-refractivity contribution in [3.8, 4) is 6.19 Å². The summed E-state index contributed by atoms with van der Waals surface area (Å²) in [6, 6.07) is 10.0. The first-order chi connectivity index (χ1) is 10.7. The van der Waals surface area contributed by atoms with Crippen LogP contribution in [0.1, 0.15) is 12.0 Å². The van der Waals surface area contributed by atoms with Gasteiger partial charge in [0.05, 0.1) is 24.3 Å². The molecule has 0 unspecified atom stereocenters. The summed E-state index contributed by atoms with van der Waals surface area (Å²) in [7, 11) is 0. The highest BCUT2D eigenvalue weighted by atomic mass is 16.2. The van der Waals surface area contributed by atoms with Gasteiger partial charge in [-0.25, -0.2) is 0 Å². The average molecular weight is 295 g/mol. The molecule has 22 heavy (non-hydrogen) atoms. The molecule has 1 atom stereocenters. The number of anilines is 1. The molecule has 1 amide bonds. The number of nitriles is 1. The Kier molecular flexibility index (Phi) is 4.05. The Morgan fingerprint density at radius 2 is 2.23 bits per heavy atom. The fourth-order valence-corrected chi connectivity index (χ4v) is 2.59. The number of likely N-dealkylation sites (tertiary alicyclic amines) is 1. The molecule has 2 aromatic rings. The summed E-state index contributed by atoms with van der Waals surface area (Å²) in [4.78, 5) is 13.8. The largest absolute Gasteiger partial charge is 0.323 e. The van der Waals surface area contributed by atoms with Gasteiger partial charge in [-0.15, -0.1) is 0 Å². The minimum atomic E-state index is -0.128. The second-order valence-electron chi connectivity index (χ2n) is 5.43. The standard InChI is InChI=1S/C16H17N5O/c17-12-20-7-6-14(10-20)16(22)19-15-8-18-21(11-15)9-13-4-2-1-3-5-13/h1-5,8,11,14H,6-7,9-10H2,(H,19,22)/t14-/m0/s1. The lowest BCUT2D eigenvalue weighted by atomic mass is 10.1. The van der Waals surface area contributed by atoms with E-state index in [1.54, 1.807) is 15.8 Å². The van der Waals surface area contributed by atoms with E-state index in [1.807, 2.05) is 36.5 Å². The molecule has 1 aliphatic heterocycles. The molecule has 0 radical (unpaired) electrons. The zero-order valence-electron chi connectivity index (χ0n) is 12.1. The van der Waals surface area contributed by atoms with Crippen molar-refractivity contribution in [3.05, 3.63) is 48.3 Å². The van der Waals surface area contributed by atoms with E-state index in [4.69, 9.17) is 5.26 Å². The summed E-state index contributed by atoms with van der Waals surface area (Å²) < 4.78 is 1.79. The summed E-state index contributed by atoms with van der Waals surface area (Å²) in [6.07, 6.45) is 6.27. The van der Waals surface area contributed by atoms with Crippen LogP contribution in [-0.4, -0.2) is 33.7 Å². The number of benzene rings is 1. The summed E-state index contributed by atoms with van der Waals surface area (Å²) >= 11 is 0. The molecule has 6 nitrogen and oxygen atoms in total. The minimum absolute atomic E-state index is 0.0444. The maximum atomic E-state index is 12.2. The van der Waals surface area contributed by atoms with Gasteiger partial charge in [0.2, 0.25) is 5.91 Å². The van der Waals surface area contributed by atoms with Crippen LogP contribution in [0, 0.1) is 17.4 Å². The summed E-state index contributed by atoms with van der Waals surface area (Å²) in [5, 5.41) is 16.0. The lowest BCUT2D eigenvalue weighted by Gasteiger charge is -2.09. The Morgan fingerprint density at radius 1 is 1.41 bits per heavy atom. The first kappa shape index (κ1) is 14.1. The van der Waals surface area contributed by atoms with Crippen LogP contribution in [0.5, 0.6) is 0 Å². The van der Waals surface area contributed by atoms with Gasteiger partial charge < -0.3 is 10.2 Å². The van der Waals surface area contributed by atoms with Crippen molar-refractivity contribution in [2.45, 2.75) is 13.0 Å². The van der Waals surface area contributed by atoms with Crippen LogP contribution in [0.3, 0.4) is 0 Å². The van der Waals surface area contributed by atoms with E-state index in [0.29, 0.717) is 25.3 Å². The molecular weight excluding hydrogens is 278 g/mol. The summed E-state index contributed by atoms with van der Waals surface area (Å²) in [6.45, 7) is 1.82. The first-order valence-corrected chi connectivity index (χ1v) is 7.26. The third-order valence-corrected chi connectivity index (χ3v) is 3.79. The van der Waals surface area contributed by atoms with Crippen LogP contribution in [0.4, 0.5) is 5.69 Å². The van der Waals surface area contributed by atoms with E-state index < -0.39 is 0 Å². The van der Waals surface area contributed by atoms with Gasteiger partial charge in [0.15, 0.2) is 6.19 Å². The lowest BCUT2D eigenvalue weighted by molar-refractivity contribution is -0.119. The van der Waals surface area contributed by atoms with E-state index >= 15 is 0 Å². The van der Waals surface area contributed by atoms with Gasteiger partial charge in [-0.1, -0.05) is 30.3 Å². The monoisotopic (exact) mass is 295 g/mol. The first-order valence-electron chi connectivity index (χ1n) is 7.26. The zero-order valence-corrected chi connectivity index (χ0v) is 12.1. The molecule has 1 aromatic heterocycles. The number of nitrogens with zero attached hydrogens (tertiary/aromatic N) is 4. The molecule has 0 aliphatic carbocycles. The average Bonchev–Trinajstić information content (AvgIpc) is 3.17. The smallest absolute Gasteiger partial charge is 0.229 e. The Morgan fingerprint density at radius 3 is 2.95 bits per heavy atom. The van der Waals surface area contributed by atoms with E-state index in [1.165, 1.54) is 0 Å². The van der Waals surface area contributed by atoms with Crippen LogP contribution in [0.2, 0.25) is 0 Å². The third kappa shape index (κ3) is 3.26. The van der Waals surface area contributed by atoms with Crippen LogP contribution in [0.25, 0.3) is 0 Å². The summed E-state index contributed by atoms with van der Waals surface area (Å²) in [5.74, 6) is -0.172. The highest BCUT2D eigenvalue weighted by Crippen LogP contribution is 2.17. The molecule has 0 spiro atoms. The maximum absolute atomic E-state index is 12.2. The fourth-order valence-electron chi connectivity index (χ4n) is 2.59. The fraction of sp³-hybridized carbons (Fsp3) is 0.312. The number of aromatic nitrogens is 2. The van der Waals surface area contributed by atoms with Crippen LogP contribution >= 0.6 is 0 Å². The Bertz CT molecular complexity index is 688. The second kappa shape index (κ2) is 6.31. The Balaban J connectivity index is 1.58. The molecule has 6 heteroatoms. The van der Waals surface area contributed by atoms with Crippen molar-refractivity contribution < 1.29 is 4.79 Å². The topological polar surface area (TPSA) is 74.0 Å². The highest BCUT2D eigenvalue weighted by Gasteiger charge is 2.27. The molecular formula is C16H17N5O.